The van der Waals surface area contributed by atoms with Gasteiger partial charge in [-0.15, -0.1) is 0 Å². The second-order valence-electron chi connectivity index (χ2n) is 5.08. The van der Waals surface area contributed by atoms with Crippen LogP contribution in [0.1, 0.15) is 28.4 Å². The number of hydrogen-bond donors (Lipinski definition) is 1. The number of carboxylic acid groups (broad SMARTS) is 1. The zero-order valence-electron chi connectivity index (χ0n) is 13.8. The van der Waals surface area contributed by atoms with Gasteiger partial charge >= 0.3 is 0 Å². The van der Waals surface area contributed by atoms with Gasteiger partial charge in [-0.2, -0.15) is 5.10 Å². The first-order valence-corrected chi connectivity index (χ1v) is 7.41. The third-order valence-electron chi connectivity index (χ3n) is 3.20. The normalized spacial score (nSPS) is 10.5. The summed E-state index contributed by atoms with van der Waals surface area (Å²) in [5, 5.41) is 14.8. The van der Waals surface area contributed by atoms with E-state index in [4.69, 9.17) is 9.47 Å². The van der Waals surface area contributed by atoms with Crippen molar-refractivity contribution >= 4 is 18.1 Å². The van der Waals surface area contributed by atoms with Crippen molar-refractivity contribution in [1.82, 2.24) is 5.43 Å². The molecular weight excluding hydrogens is 324 g/mol. The topological polar surface area (TPSA) is 100 Å². The molecule has 0 aliphatic rings. The Kier molecular flexibility index (Phi) is 6.11. The monoisotopic (exact) mass is 341 g/mol. The summed E-state index contributed by atoms with van der Waals surface area (Å²) in [6.45, 7) is 1.48. The average molecular weight is 341 g/mol. The van der Waals surface area contributed by atoms with Gasteiger partial charge in [-0.25, -0.2) is 5.43 Å². The van der Waals surface area contributed by atoms with Gasteiger partial charge in [0.25, 0.3) is 0 Å². The highest BCUT2D eigenvalue weighted by atomic mass is 16.5. The van der Waals surface area contributed by atoms with Crippen LogP contribution in [0.25, 0.3) is 0 Å². The highest BCUT2D eigenvalue weighted by Crippen LogP contribution is 2.30. The molecule has 0 heterocycles. The van der Waals surface area contributed by atoms with Crippen molar-refractivity contribution in [2.75, 3.05) is 7.11 Å². The minimum absolute atomic E-state index is 0.0774. The summed E-state index contributed by atoms with van der Waals surface area (Å²) in [7, 11) is 1.51. The lowest BCUT2D eigenvalue weighted by atomic mass is 10.1. The minimum atomic E-state index is -1.25. The number of methoxy groups -OCH3 is 1. The number of rotatable bonds is 7. The van der Waals surface area contributed by atoms with Crippen molar-refractivity contribution in [3.8, 4) is 11.5 Å². The fourth-order valence-electron chi connectivity index (χ4n) is 2.09. The summed E-state index contributed by atoms with van der Waals surface area (Å²) in [5.74, 6) is -0.622. The van der Waals surface area contributed by atoms with E-state index in [1.165, 1.54) is 32.4 Å². The molecule has 0 spiro atoms. The molecule has 0 aromatic heterocycles. The average Bonchev–Trinajstić information content (AvgIpc) is 2.60. The van der Waals surface area contributed by atoms with Crippen LogP contribution in [0.5, 0.6) is 11.5 Å². The van der Waals surface area contributed by atoms with Gasteiger partial charge in [-0.3, -0.25) is 4.79 Å². The molecule has 130 valence electrons. The first kappa shape index (κ1) is 18.0. The molecule has 25 heavy (non-hydrogen) atoms. The molecule has 0 atom stereocenters. The summed E-state index contributed by atoms with van der Waals surface area (Å²) < 4.78 is 11.1. The molecule has 0 aliphatic carbocycles. The molecule has 1 N–H and O–H groups in total. The van der Waals surface area contributed by atoms with E-state index in [0.29, 0.717) is 22.6 Å². The van der Waals surface area contributed by atoms with E-state index in [9.17, 15) is 14.7 Å². The Bertz CT molecular complexity index is 802. The zero-order chi connectivity index (χ0) is 18.2. The molecule has 0 bridgehead atoms. The van der Waals surface area contributed by atoms with Gasteiger partial charge in [0.05, 0.1) is 19.3 Å². The van der Waals surface area contributed by atoms with Crippen LogP contribution in [0.4, 0.5) is 0 Å². The van der Waals surface area contributed by atoms with E-state index >= 15 is 0 Å². The molecule has 7 heteroatoms. The molecule has 1 amide bonds. The highest BCUT2D eigenvalue weighted by Gasteiger charge is 2.10. The molecule has 0 radical (unpaired) electrons. The van der Waals surface area contributed by atoms with Crippen LogP contribution >= 0.6 is 0 Å². The standard InChI is InChI=1S/C18H18N2O5/c1-12(21)20-19-10-15-7-4-8-16(24-2)17(15)25-11-13-5-3-6-14(9-13)18(22)23/h3-10H,11H2,1-2H3,(H,20,21)(H,22,23)/p-1/b19-10-. The molecule has 0 fully saturated rings. The molecule has 0 saturated carbocycles. The van der Waals surface area contributed by atoms with Crippen molar-refractivity contribution in [3.63, 3.8) is 0 Å². The molecule has 0 unspecified atom stereocenters. The van der Waals surface area contributed by atoms with Crippen LogP contribution in [-0.2, 0) is 11.4 Å². The number of amides is 1. The van der Waals surface area contributed by atoms with E-state index in [0.717, 1.165) is 0 Å². The Morgan fingerprint density at radius 2 is 2.00 bits per heavy atom. The number of nitrogens with zero attached hydrogens (tertiary/aromatic N) is 1. The van der Waals surface area contributed by atoms with Gasteiger partial charge in [0.15, 0.2) is 11.5 Å². The minimum Gasteiger partial charge on any atom is -0.545 e. The zero-order valence-corrected chi connectivity index (χ0v) is 13.8. The maximum atomic E-state index is 10.9. The van der Waals surface area contributed by atoms with E-state index in [1.54, 1.807) is 30.3 Å². The Hall–Kier alpha value is -3.35. The second-order valence-corrected chi connectivity index (χ2v) is 5.08. The number of benzene rings is 2. The van der Waals surface area contributed by atoms with E-state index in [1.807, 2.05) is 0 Å². The maximum Gasteiger partial charge on any atom is 0.236 e. The van der Waals surface area contributed by atoms with Crippen LogP contribution < -0.4 is 20.0 Å². The van der Waals surface area contributed by atoms with Gasteiger partial charge < -0.3 is 19.4 Å². The van der Waals surface area contributed by atoms with Gasteiger partial charge in [-0.1, -0.05) is 24.3 Å². The Morgan fingerprint density at radius 1 is 1.24 bits per heavy atom. The molecule has 0 saturated heterocycles. The fourth-order valence-corrected chi connectivity index (χ4v) is 2.09. The Balaban J connectivity index is 2.22. The number of carbonyl (C=O) groups excluding carboxylic acids is 2. The molecule has 7 nitrogen and oxygen atoms in total. The number of aromatic carboxylic acids is 1. The van der Waals surface area contributed by atoms with Gasteiger partial charge in [0, 0.05) is 12.5 Å². The quantitative estimate of drug-likeness (QED) is 0.600. The molecule has 0 aliphatic heterocycles. The van der Waals surface area contributed by atoms with Gasteiger partial charge in [0.1, 0.15) is 6.61 Å². The predicted octanol–water partition coefficient (Wildman–Crippen LogP) is 1.11. The van der Waals surface area contributed by atoms with E-state index in [-0.39, 0.29) is 18.1 Å². The number of carbonyl (C=O) groups is 2. The number of ether oxygens (including phenoxy) is 2. The first-order valence-electron chi connectivity index (χ1n) is 7.41. The summed E-state index contributed by atoms with van der Waals surface area (Å²) in [5.41, 5.74) is 3.66. The predicted molar refractivity (Wildman–Crippen MR) is 89.5 cm³/mol. The van der Waals surface area contributed by atoms with E-state index < -0.39 is 5.97 Å². The van der Waals surface area contributed by atoms with Crippen LogP contribution in [0.15, 0.2) is 47.6 Å². The molecule has 2 aromatic rings. The SMILES string of the molecule is COc1cccc(/C=N\NC(C)=O)c1OCc1cccc(C(=O)[O-])c1. The van der Waals surface area contributed by atoms with Crippen LogP contribution in [0.2, 0.25) is 0 Å². The fraction of sp³-hybridized carbons (Fsp3) is 0.167. The van der Waals surface area contributed by atoms with Gasteiger partial charge in [-0.05, 0) is 29.3 Å². The summed E-state index contributed by atoms with van der Waals surface area (Å²) in [4.78, 5) is 21.8. The van der Waals surface area contributed by atoms with Crippen LogP contribution in [0.3, 0.4) is 0 Å². The molecule has 2 rings (SSSR count). The lowest BCUT2D eigenvalue weighted by molar-refractivity contribution is -0.255. The number of hydrogen-bond acceptors (Lipinski definition) is 6. The van der Waals surface area contributed by atoms with Crippen molar-refractivity contribution in [2.45, 2.75) is 13.5 Å². The van der Waals surface area contributed by atoms with Crippen molar-refractivity contribution in [1.29, 1.82) is 0 Å². The lowest BCUT2D eigenvalue weighted by Crippen LogP contribution is -2.22. The highest BCUT2D eigenvalue weighted by molar-refractivity contribution is 5.86. The smallest absolute Gasteiger partial charge is 0.236 e. The van der Waals surface area contributed by atoms with Crippen LogP contribution in [-0.4, -0.2) is 25.2 Å². The Labute approximate surface area is 144 Å². The third kappa shape index (κ3) is 5.07. The summed E-state index contributed by atoms with van der Waals surface area (Å²) in [6.07, 6.45) is 1.44. The number of carboxylic acids is 1. The molecular formula is C18H17N2O5-. The molecule has 2 aromatic carbocycles. The number of nitrogens with one attached hydrogen (secondary N) is 1. The second kappa shape index (κ2) is 8.49. The lowest BCUT2D eigenvalue weighted by Gasteiger charge is -2.14. The van der Waals surface area contributed by atoms with Crippen molar-refractivity contribution < 1.29 is 24.2 Å². The van der Waals surface area contributed by atoms with Crippen molar-refractivity contribution in [3.05, 3.63) is 59.2 Å². The van der Waals surface area contributed by atoms with E-state index in [2.05, 4.69) is 10.5 Å². The first-order chi connectivity index (χ1) is 12.0. The maximum absolute atomic E-state index is 10.9. The number of para-hydroxylation sites is 1. The number of hydrazone groups is 1. The van der Waals surface area contributed by atoms with Crippen LogP contribution in [0, 0.1) is 0 Å². The Morgan fingerprint density at radius 3 is 2.68 bits per heavy atom. The largest absolute Gasteiger partial charge is 0.545 e. The van der Waals surface area contributed by atoms with Gasteiger partial charge in [0.2, 0.25) is 5.91 Å². The summed E-state index contributed by atoms with van der Waals surface area (Å²) in [6, 6.07) is 11.5. The third-order valence-corrected chi connectivity index (χ3v) is 3.20. The van der Waals surface area contributed by atoms with Crippen molar-refractivity contribution in [2.24, 2.45) is 5.10 Å². The summed E-state index contributed by atoms with van der Waals surface area (Å²) >= 11 is 0.